The van der Waals surface area contributed by atoms with Gasteiger partial charge in [0.2, 0.25) is 0 Å². The molecule has 0 spiro atoms. The summed E-state index contributed by atoms with van der Waals surface area (Å²) in [5, 5.41) is 0. The maximum atomic E-state index is 5.94. The molecule has 0 aliphatic rings. The second kappa shape index (κ2) is 5.44. The molecular weight excluding hydrogens is 294 g/mol. The van der Waals surface area contributed by atoms with E-state index in [9.17, 15) is 0 Å². The third-order valence-corrected chi connectivity index (χ3v) is 3.23. The van der Waals surface area contributed by atoms with Crippen LogP contribution in [0.15, 0.2) is 29.0 Å². The summed E-state index contributed by atoms with van der Waals surface area (Å²) in [5.74, 6) is 1.75. The van der Waals surface area contributed by atoms with E-state index in [4.69, 9.17) is 10.5 Å². The predicted molar refractivity (Wildman–Crippen MR) is 75.8 cm³/mol. The molecular formula is C13H16BrN3O. The fourth-order valence-corrected chi connectivity index (χ4v) is 2.43. The lowest BCUT2D eigenvalue weighted by Crippen LogP contribution is -2.10. The number of nitrogens with two attached hydrogens (primary N) is 1. The second-order valence-electron chi connectivity index (χ2n) is 4.16. The molecule has 0 bridgehead atoms. The first-order chi connectivity index (χ1) is 8.58. The molecule has 0 aliphatic heterocycles. The van der Waals surface area contributed by atoms with E-state index in [1.165, 1.54) is 0 Å². The van der Waals surface area contributed by atoms with E-state index < -0.39 is 0 Å². The Bertz CT molecular complexity index is 528. The fraction of sp³-hybridized carbons (Fsp3) is 0.308. The van der Waals surface area contributed by atoms with Gasteiger partial charge >= 0.3 is 0 Å². The van der Waals surface area contributed by atoms with Crippen LogP contribution >= 0.6 is 15.9 Å². The van der Waals surface area contributed by atoms with Crippen molar-refractivity contribution in [1.29, 1.82) is 0 Å². The van der Waals surface area contributed by atoms with Gasteiger partial charge in [0, 0.05) is 16.9 Å². The van der Waals surface area contributed by atoms with Crippen LogP contribution in [0.25, 0.3) is 0 Å². The van der Waals surface area contributed by atoms with Crippen LogP contribution in [0.4, 0.5) is 5.69 Å². The van der Waals surface area contributed by atoms with Gasteiger partial charge in [0.05, 0.1) is 12.2 Å². The summed E-state index contributed by atoms with van der Waals surface area (Å²) in [7, 11) is 0. The van der Waals surface area contributed by atoms with E-state index in [1.54, 1.807) is 6.20 Å². The number of nitrogen functional groups attached to an aromatic ring is 1. The zero-order chi connectivity index (χ0) is 13.1. The molecule has 0 radical (unpaired) electrons. The van der Waals surface area contributed by atoms with Crippen molar-refractivity contribution < 1.29 is 4.74 Å². The lowest BCUT2D eigenvalue weighted by atomic mass is 10.2. The maximum Gasteiger partial charge on any atom is 0.145 e. The molecule has 0 unspecified atom stereocenters. The predicted octanol–water partition coefficient (Wildman–Crippen LogP) is 2.92. The Hall–Kier alpha value is -1.49. The normalized spacial score (nSPS) is 10.6. The Balaban J connectivity index is 2.01. The average molecular weight is 310 g/mol. The van der Waals surface area contributed by atoms with Crippen LogP contribution in [0.5, 0.6) is 5.75 Å². The highest BCUT2D eigenvalue weighted by molar-refractivity contribution is 9.10. The lowest BCUT2D eigenvalue weighted by molar-refractivity contribution is 0.296. The van der Waals surface area contributed by atoms with E-state index in [1.807, 2.05) is 36.7 Å². The molecule has 0 fully saturated rings. The number of hydrogen-bond donors (Lipinski definition) is 1. The summed E-state index contributed by atoms with van der Waals surface area (Å²) in [6.07, 6.45) is 3.73. The summed E-state index contributed by atoms with van der Waals surface area (Å²) in [6, 6.07) is 3.85. The summed E-state index contributed by atoms with van der Waals surface area (Å²) >= 11 is 3.41. The molecule has 0 saturated carbocycles. The number of ether oxygens (including phenoxy) is 1. The number of anilines is 1. The van der Waals surface area contributed by atoms with Crippen molar-refractivity contribution in [2.75, 3.05) is 12.3 Å². The van der Waals surface area contributed by atoms with Gasteiger partial charge in [-0.2, -0.15) is 0 Å². The summed E-state index contributed by atoms with van der Waals surface area (Å²) in [6.45, 7) is 5.29. The van der Waals surface area contributed by atoms with Gasteiger partial charge in [0.1, 0.15) is 18.2 Å². The van der Waals surface area contributed by atoms with Gasteiger partial charge in [-0.1, -0.05) is 15.9 Å². The highest BCUT2D eigenvalue weighted by Gasteiger charge is 2.06. The molecule has 2 N–H and O–H groups in total. The summed E-state index contributed by atoms with van der Waals surface area (Å²) in [5.41, 5.74) is 7.63. The van der Waals surface area contributed by atoms with Crippen LogP contribution < -0.4 is 10.5 Å². The molecule has 1 aromatic carbocycles. The minimum absolute atomic E-state index is 0.573. The molecule has 18 heavy (non-hydrogen) atoms. The molecule has 0 amide bonds. The van der Waals surface area contributed by atoms with Gasteiger partial charge in [-0.3, -0.25) is 0 Å². The third-order valence-electron chi connectivity index (χ3n) is 2.77. The number of imidazole rings is 1. The van der Waals surface area contributed by atoms with E-state index in [0.717, 1.165) is 28.2 Å². The Kier molecular flexibility index (Phi) is 3.91. The van der Waals surface area contributed by atoms with Gasteiger partial charge in [-0.15, -0.1) is 0 Å². The van der Waals surface area contributed by atoms with E-state index >= 15 is 0 Å². The highest BCUT2D eigenvalue weighted by atomic mass is 79.9. The minimum atomic E-state index is 0.573. The standard InChI is InChI=1S/C13H16BrN3O/c1-9-7-11(14)8-12(15)13(9)18-6-5-17-4-3-16-10(17)2/h3-4,7-8H,5-6,15H2,1-2H3. The van der Waals surface area contributed by atoms with Crippen molar-refractivity contribution in [3.05, 3.63) is 40.4 Å². The number of rotatable bonds is 4. The van der Waals surface area contributed by atoms with Crippen LogP contribution in [-0.2, 0) is 6.54 Å². The second-order valence-corrected chi connectivity index (χ2v) is 5.07. The molecule has 1 heterocycles. The Labute approximate surface area is 115 Å². The summed E-state index contributed by atoms with van der Waals surface area (Å²) < 4.78 is 8.77. The first kappa shape index (κ1) is 13.0. The SMILES string of the molecule is Cc1cc(Br)cc(N)c1OCCn1ccnc1C. The van der Waals surface area contributed by atoms with Crippen LogP contribution in [0.1, 0.15) is 11.4 Å². The fourth-order valence-electron chi connectivity index (χ4n) is 1.84. The molecule has 0 atom stereocenters. The van der Waals surface area contributed by atoms with Crippen LogP contribution in [-0.4, -0.2) is 16.2 Å². The maximum absolute atomic E-state index is 5.94. The van der Waals surface area contributed by atoms with E-state index in [-0.39, 0.29) is 0 Å². The number of benzene rings is 1. The topological polar surface area (TPSA) is 53.1 Å². The Morgan fingerprint density at radius 2 is 2.17 bits per heavy atom. The van der Waals surface area contributed by atoms with Gasteiger partial charge in [0.25, 0.3) is 0 Å². The van der Waals surface area contributed by atoms with Crippen molar-refractivity contribution in [3.8, 4) is 5.75 Å². The average Bonchev–Trinajstić information content (AvgIpc) is 2.68. The Morgan fingerprint density at radius 3 is 2.78 bits per heavy atom. The zero-order valence-corrected chi connectivity index (χ0v) is 12.1. The molecule has 4 nitrogen and oxygen atoms in total. The zero-order valence-electron chi connectivity index (χ0n) is 10.5. The van der Waals surface area contributed by atoms with Gasteiger partial charge < -0.3 is 15.0 Å². The molecule has 0 aliphatic carbocycles. The molecule has 1 aromatic heterocycles. The lowest BCUT2D eigenvalue weighted by Gasteiger charge is -2.13. The molecule has 96 valence electrons. The minimum Gasteiger partial charge on any atom is -0.489 e. The number of hydrogen-bond acceptors (Lipinski definition) is 3. The van der Waals surface area contributed by atoms with Gasteiger partial charge in [0.15, 0.2) is 0 Å². The monoisotopic (exact) mass is 309 g/mol. The van der Waals surface area contributed by atoms with Crippen LogP contribution in [0, 0.1) is 13.8 Å². The Morgan fingerprint density at radius 1 is 1.39 bits per heavy atom. The number of nitrogens with zero attached hydrogens (tertiary/aromatic N) is 2. The molecule has 2 rings (SSSR count). The van der Waals surface area contributed by atoms with Gasteiger partial charge in [-0.05, 0) is 31.5 Å². The van der Waals surface area contributed by atoms with Crippen LogP contribution in [0.3, 0.4) is 0 Å². The van der Waals surface area contributed by atoms with Crippen molar-refractivity contribution in [2.45, 2.75) is 20.4 Å². The number of halogens is 1. The van der Waals surface area contributed by atoms with Crippen molar-refractivity contribution in [1.82, 2.24) is 9.55 Å². The van der Waals surface area contributed by atoms with Gasteiger partial charge in [-0.25, -0.2) is 4.98 Å². The first-order valence-corrected chi connectivity index (χ1v) is 6.53. The molecule has 0 saturated heterocycles. The molecule has 2 aromatic rings. The van der Waals surface area contributed by atoms with E-state index in [2.05, 4.69) is 20.9 Å². The van der Waals surface area contributed by atoms with E-state index in [0.29, 0.717) is 12.3 Å². The third kappa shape index (κ3) is 2.85. The van der Waals surface area contributed by atoms with Crippen molar-refractivity contribution in [2.24, 2.45) is 0 Å². The first-order valence-electron chi connectivity index (χ1n) is 5.74. The quantitative estimate of drug-likeness (QED) is 0.884. The number of aryl methyl sites for hydroxylation is 2. The van der Waals surface area contributed by atoms with Crippen molar-refractivity contribution in [3.63, 3.8) is 0 Å². The smallest absolute Gasteiger partial charge is 0.145 e. The summed E-state index contributed by atoms with van der Waals surface area (Å²) in [4.78, 5) is 4.17. The largest absolute Gasteiger partial charge is 0.489 e. The molecule has 5 heteroatoms. The number of aromatic nitrogens is 2. The van der Waals surface area contributed by atoms with Crippen LogP contribution in [0.2, 0.25) is 0 Å². The van der Waals surface area contributed by atoms with Crippen molar-refractivity contribution >= 4 is 21.6 Å². The highest BCUT2D eigenvalue weighted by Crippen LogP contribution is 2.29.